The molecule has 0 aliphatic carbocycles. The van der Waals surface area contributed by atoms with Gasteiger partial charge in [0, 0.05) is 21.5 Å². The summed E-state index contributed by atoms with van der Waals surface area (Å²) in [7, 11) is 3.03. The van der Waals surface area contributed by atoms with Gasteiger partial charge in [0.25, 0.3) is 5.91 Å². The van der Waals surface area contributed by atoms with Gasteiger partial charge < -0.3 is 24.5 Å². The lowest BCUT2D eigenvalue weighted by molar-refractivity contribution is -0.122. The van der Waals surface area contributed by atoms with Crippen LogP contribution in [0.15, 0.2) is 76.6 Å². The second-order valence-electron chi connectivity index (χ2n) is 9.71. The molecule has 6 rings (SSSR count). The summed E-state index contributed by atoms with van der Waals surface area (Å²) in [6.07, 6.45) is 0. The average molecular weight is 638 g/mol. The molecule has 2 N–H and O–H groups in total. The van der Waals surface area contributed by atoms with Crippen LogP contribution < -0.4 is 29.3 Å². The fourth-order valence-corrected chi connectivity index (χ4v) is 7.87. The van der Waals surface area contributed by atoms with Crippen molar-refractivity contribution in [1.82, 2.24) is 4.98 Å². The molecule has 0 spiro atoms. The van der Waals surface area contributed by atoms with Crippen molar-refractivity contribution in [2.75, 3.05) is 31.0 Å². The molecule has 3 amide bonds. The van der Waals surface area contributed by atoms with Crippen LogP contribution >= 0.6 is 34.7 Å². The van der Waals surface area contributed by atoms with Gasteiger partial charge in [-0.2, -0.15) is 0 Å². The molecule has 1 fully saturated rings. The van der Waals surface area contributed by atoms with Gasteiger partial charge in [-0.1, -0.05) is 40.8 Å². The summed E-state index contributed by atoms with van der Waals surface area (Å²) in [6.45, 7) is -0.279. The number of fused-ring (bicyclic) bond motifs is 2. The van der Waals surface area contributed by atoms with Crippen molar-refractivity contribution in [2.45, 2.75) is 16.2 Å². The van der Waals surface area contributed by atoms with E-state index in [0.29, 0.717) is 49.1 Å². The van der Waals surface area contributed by atoms with Crippen LogP contribution in [0.4, 0.5) is 11.4 Å². The number of hydrogen-bond donors (Lipinski definition) is 2. The minimum Gasteiger partial charge on any atom is -0.497 e. The van der Waals surface area contributed by atoms with Gasteiger partial charge in [0.05, 0.1) is 30.9 Å². The Labute approximate surface area is 258 Å². The minimum atomic E-state index is -0.765. The van der Waals surface area contributed by atoms with Crippen molar-refractivity contribution in [2.24, 2.45) is 5.92 Å². The molecule has 4 aromatic rings. The number of ether oxygens (including phenoxy) is 3. The van der Waals surface area contributed by atoms with Crippen molar-refractivity contribution in [3.63, 3.8) is 0 Å². The molecule has 3 atom stereocenters. The molecule has 43 heavy (non-hydrogen) atoms. The maximum Gasteiger partial charge on any atom is 0.305 e. The number of amides is 3. The van der Waals surface area contributed by atoms with E-state index in [1.165, 1.54) is 23.8 Å². The summed E-state index contributed by atoms with van der Waals surface area (Å²) in [5.74, 6) is -1.14. The molecule has 0 radical (unpaired) electrons. The number of aromatic amines is 1. The summed E-state index contributed by atoms with van der Waals surface area (Å²) in [4.78, 5) is 56.8. The Balaban J connectivity index is 1.27. The second-order valence-corrected chi connectivity index (χ2v) is 12.3. The highest BCUT2D eigenvalue weighted by atomic mass is 35.5. The van der Waals surface area contributed by atoms with Gasteiger partial charge in [-0.25, -0.2) is 4.90 Å². The number of benzene rings is 3. The number of methoxy groups -OCH3 is 2. The molecule has 13 heteroatoms. The van der Waals surface area contributed by atoms with E-state index >= 15 is 0 Å². The molecule has 10 nitrogen and oxygen atoms in total. The maximum atomic E-state index is 13.9. The lowest BCUT2D eigenvalue weighted by atomic mass is 9.83. The fourth-order valence-electron chi connectivity index (χ4n) is 5.23. The first kappa shape index (κ1) is 28.8. The number of anilines is 2. The van der Waals surface area contributed by atoms with Gasteiger partial charge in [-0.15, -0.1) is 0 Å². The molecule has 0 bridgehead atoms. The van der Waals surface area contributed by atoms with Crippen molar-refractivity contribution < 1.29 is 28.6 Å². The summed E-state index contributed by atoms with van der Waals surface area (Å²) < 4.78 is 16.5. The average Bonchev–Trinajstić information content (AvgIpc) is 3.50. The predicted molar refractivity (Wildman–Crippen MR) is 164 cm³/mol. The van der Waals surface area contributed by atoms with Crippen LogP contribution in [0, 0.1) is 5.92 Å². The number of carbonyl (C=O) groups is 3. The van der Waals surface area contributed by atoms with E-state index in [4.69, 9.17) is 25.8 Å². The van der Waals surface area contributed by atoms with E-state index < -0.39 is 17.1 Å². The van der Waals surface area contributed by atoms with Crippen molar-refractivity contribution >= 4 is 63.8 Å². The number of halogens is 1. The van der Waals surface area contributed by atoms with Crippen LogP contribution in [0.25, 0.3) is 0 Å². The first-order valence-corrected chi connectivity index (χ1v) is 15.1. The molecule has 1 aromatic heterocycles. The number of hydrogen-bond acceptors (Lipinski definition) is 9. The minimum absolute atomic E-state index is 0.272. The predicted octanol–water partition coefficient (Wildman–Crippen LogP) is 4.92. The molecule has 2 aliphatic rings. The SMILES string of the molecule is COc1ccc(NC(=O)COc2ccc(C3c4sc(=O)[nH]c4SC4C(=O)N(c5ccc(Cl)cc5)C(=O)C43)cc2OC)cc1. The Morgan fingerprint density at radius 2 is 1.70 bits per heavy atom. The summed E-state index contributed by atoms with van der Waals surface area (Å²) in [6, 6.07) is 18.5. The van der Waals surface area contributed by atoms with Crippen molar-refractivity contribution in [1.29, 1.82) is 0 Å². The monoisotopic (exact) mass is 637 g/mol. The van der Waals surface area contributed by atoms with Crippen LogP contribution in [-0.2, 0) is 14.4 Å². The molecule has 3 aromatic carbocycles. The molecular formula is C30H24ClN3O7S2. The first-order chi connectivity index (χ1) is 20.8. The molecule has 1 saturated heterocycles. The van der Waals surface area contributed by atoms with Gasteiger partial charge in [-0.05, 0) is 66.2 Å². The second kappa shape index (κ2) is 11.8. The number of rotatable bonds is 8. The van der Waals surface area contributed by atoms with Crippen LogP contribution in [0.5, 0.6) is 17.2 Å². The van der Waals surface area contributed by atoms with Gasteiger partial charge >= 0.3 is 4.87 Å². The van der Waals surface area contributed by atoms with Gasteiger partial charge in [-0.3, -0.25) is 19.2 Å². The van der Waals surface area contributed by atoms with Crippen LogP contribution in [0.2, 0.25) is 5.02 Å². The van der Waals surface area contributed by atoms with E-state index in [2.05, 4.69) is 10.3 Å². The van der Waals surface area contributed by atoms with Gasteiger partial charge in [0.2, 0.25) is 11.8 Å². The molecule has 220 valence electrons. The zero-order chi connectivity index (χ0) is 30.2. The van der Waals surface area contributed by atoms with Gasteiger partial charge in [0.15, 0.2) is 18.1 Å². The normalized spacial score (nSPS) is 19.0. The number of aromatic nitrogens is 1. The Morgan fingerprint density at radius 3 is 2.40 bits per heavy atom. The third-order valence-electron chi connectivity index (χ3n) is 7.19. The Hall–Kier alpha value is -4.26. The third kappa shape index (κ3) is 5.49. The third-order valence-corrected chi connectivity index (χ3v) is 9.84. The smallest absolute Gasteiger partial charge is 0.305 e. The number of carbonyl (C=O) groups excluding carboxylic acids is 3. The number of thioether (sulfide) groups is 1. The Morgan fingerprint density at radius 1 is 0.953 bits per heavy atom. The van der Waals surface area contributed by atoms with Crippen LogP contribution in [-0.4, -0.2) is 48.8 Å². The molecule has 0 saturated carbocycles. The standard InChI is InChI=1S/C30H24ClN3O7S2/c1-39-19-10-6-17(7-11-19)32-22(35)14-41-20-12-3-15(13-21(20)40-2)23-24-26(42-27-25(23)43-30(38)33-27)29(37)34(28(24)36)18-8-4-16(31)5-9-18/h3-13,23-24,26H,14H2,1-2H3,(H,32,35)(H,33,38). The molecule has 2 aliphatic heterocycles. The van der Waals surface area contributed by atoms with Crippen molar-refractivity contribution in [3.05, 3.63) is 91.9 Å². The van der Waals surface area contributed by atoms with E-state index in [1.54, 1.807) is 73.8 Å². The lowest BCUT2D eigenvalue weighted by Gasteiger charge is -2.30. The number of H-pyrrole nitrogens is 1. The maximum absolute atomic E-state index is 13.9. The number of thiazole rings is 1. The first-order valence-electron chi connectivity index (χ1n) is 13.0. The largest absolute Gasteiger partial charge is 0.497 e. The summed E-state index contributed by atoms with van der Waals surface area (Å²) >= 11 is 8.24. The van der Waals surface area contributed by atoms with Gasteiger partial charge in [0.1, 0.15) is 11.0 Å². The van der Waals surface area contributed by atoms with Crippen LogP contribution in [0.1, 0.15) is 16.4 Å². The fraction of sp³-hybridized carbons (Fsp3) is 0.200. The summed E-state index contributed by atoms with van der Waals surface area (Å²) in [5, 5.41) is 3.07. The molecule has 3 heterocycles. The highest BCUT2D eigenvalue weighted by Crippen LogP contribution is 2.53. The topological polar surface area (TPSA) is 127 Å². The highest BCUT2D eigenvalue weighted by Gasteiger charge is 2.56. The van der Waals surface area contributed by atoms with E-state index in [0.717, 1.165) is 11.3 Å². The van der Waals surface area contributed by atoms with E-state index in [9.17, 15) is 19.2 Å². The zero-order valence-corrected chi connectivity index (χ0v) is 25.2. The molecule has 3 unspecified atom stereocenters. The lowest BCUT2D eigenvalue weighted by Crippen LogP contribution is -2.32. The number of nitrogens with zero attached hydrogens (tertiary/aromatic N) is 1. The quantitative estimate of drug-likeness (QED) is 0.261. The highest BCUT2D eigenvalue weighted by molar-refractivity contribution is 8.00. The number of nitrogens with one attached hydrogen (secondary N) is 2. The zero-order valence-electron chi connectivity index (χ0n) is 22.8. The number of imide groups is 1. The van der Waals surface area contributed by atoms with E-state index in [1.807, 2.05) is 0 Å². The Bertz CT molecular complexity index is 1770. The van der Waals surface area contributed by atoms with Crippen molar-refractivity contribution in [3.8, 4) is 17.2 Å². The molecular weight excluding hydrogens is 614 g/mol. The van der Waals surface area contributed by atoms with E-state index in [-0.39, 0.29) is 29.2 Å². The Kier molecular flexibility index (Phi) is 7.91. The summed E-state index contributed by atoms with van der Waals surface area (Å²) in [5.41, 5.74) is 1.68. The van der Waals surface area contributed by atoms with Crippen LogP contribution in [0.3, 0.4) is 0 Å².